The Morgan fingerprint density at radius 3 is 2.38 bits per heavy atom. The van der Waals surface area contributed by atoms with Gasteiger partial charge in [-0.25, -0.2) is 4.39 Å². The third kappa shape index (κ3) is 5.03. The Hall–Kier alpha value is -1.58. The van der Waals surface area contributed by atoms with Crippen molar-refractivity contribution >= 4 is 11.6 Å². The summed E-state index contributed by atoms with van der Waals surface area (Å²) in [5.74, 6) is 0.123. The highest BCUT2D eigenvalue weighted by molar-refractivity contribution is 6.30. The zero-order valence-electron chi connectivity index (χ0n) is 12.2. The summed E-state index contributed by atoms with van der Waals surface area (Å²) < 4.78 is 18.6. The van der Waals surface area contributed by atoms with E-state index in [0.29, 0.717) is 18.4 Å². The highest BCUT2D eigenvalue weighted by Gasteiger charge is 2.02. The van der Waals surface area contributed by atoms with Gasteiger partial charge in [0.1, 0.15) is 18.2 Å². The Balaban J connectivity index is 1.89. The second-order valence-corrected chi connectivity index (χ2v) is 5.62. The summed E-state index contributed by atoms with van der Waals surface area (Å²) in [7, 11) is 0. The van der Waals surface area contributed by atoms with Gasteiger partial charge in [0.05, 0.1) is 5.02 Å². The number of hydrogen-bond donors (Lipinski definition) is 1. The van der Waals surface area contributed by atoms with Crippen molar-refractivity contribution in [3.63, 3.8) is 0 Å². The van der Waals surface area contributed by atoms with Crippen LogP contribution in [0.5, 0.6) is 5.75 Å². The van der Waals surface area contributed by atoms with E-state index in [1.807, 2.05) is 12.1 Å². The monoisotopic (exact) mass is 307 g/mol. The van der Waals surface area contributed by atoms with E-state index in [4.69, 9.17) is 16.3 Å². The molecule has 0 fully saturated rings. The van der Waals surface area contributed by atoms with Crippen molar-refractivity contribution in [1.82, 2.24) is 5.32 Å². The predicted octanol–water partition coefficient (Wildman–Crippen LogP) is 4.56. The van der Waals surface area contributed by atoms with E-state index < -0.39 is 5.82 Å². The molecule has 0 radical (unpaired) electrons. The van der Waals surface area contributed by atoms with E-state index in [9.17, 15) is 4.39 Å². The number of nitrogens with one attached hydrogen (secondary N) is 1. The predicted molar refractivity (Wildman–Crippen MR) is 84.2 cm³/mol. The summed E-state index contributed by atoms with van der Waals surface area (Å²) in [5.41, 5.74) is 2.29. The van der Waals surface area contributed by atoms with Gasteiger partial charge in [-0.05, 0) is 23.3 Å². The Bertz CT molecular complexity index is 584. The minimum Gasteiger partial charge on any atom is -0.489 e. The van der Waals surface area contributed by atoms with Crippen LogP contribution in [0.2, 0.25) is 5.02 Å². The fourth-order valence-corrected chi connectivity index (χ4v) is 1.98. The molecule has 112 valence electrons. The quantitative estimate of drug-likeness (QED) is 0.845. The molecule has 0 saturated heterocycles. The first-order valence-electron chi connectivity index (χ1n) is 6.93. The molecule has 0 aliphatic heterocycles. The van der Waals surface area contributed by atoms with Gasteiger partial charge in [0.25, 0.3) is 0 Å². The number of rotatable bonds is 6. The van der Waals surface area contributed by atoms with Crippen molar-refractivity contribution in [3.05, 3.63) is 64.4 Å². The first-order valence-corrected chi connectivity index (χ1v) is 7.31. The van der Waals surface area contributed by atoms with E-state index in [1.54, 1.807) is 6.07 Å². The molecule has 0 bridgehead atoms. The molecule has 2 aromatic carbocycles. The topological polar surface area (TPSA) is 21.3 Å². The first-order chi connectivity index (χ1) is 10.0. The molecule has 0 saturated carbocycles. The molecule has 0 heterocycles. The lowest BCUT2D eigenvalue weighted by Gasteiger charge is -2.10. The van der Waals surface area contributed by atoms with Gasteiger partial charge < -0.3 is 10.1 Å². The Morgan fingerprint density at radius 1 is 1.10 bits per heavy atom. The summed E-state index contributed by atoms with van der Waals surface area (Å²) in [6.07, 6.45) is 0. The SMILES string of the molecule is CC(C)NCc1ccc(COc2ccc(F)c(Cl)c2)cc1. The van der Waals surface area contributed by atoms with Crippen molar-refractivity contribution in [2.24, 2.45) is 0 Å². The largest absolute Gasteiger partial charge is 0.489 e. The van der Waals surface area contributed by atoms with Crippen LogP contribution in [0.3, 0.4) is 0 Å². The fraction of sp³-hybridized carbons (Fsp3) is 0.294. The van der Waals surface area contributed by atoms with Crippen molar-refractivity contribution in [2.45, 2.75) is 33.0 Å². The summed E-state index contributed by atoms with van der Waals surface area (Å²) >= 11 is 5.71. The van der Waals surface area contributed by atoms with E-state index in [-0.39, 0.29) is 5.02 Å². The van der Waals surface area contributed by atoms with Gasteiger partial charge >= 0.3 is 0 Å². The number of halogens is 2. The van der Waals surface area contributed by atoms with Gasteiger partial charge in [0, 0.05) is 18.7 Å². The molecular formula is C17H19ClFNO. The van der Waals surface area contributed by atoms with Gasteiger partial charge in [-0.1, -0.05) is 49.7 Å². The van der Waals surface area contributed by atoms with Gasteiger partial charge in [0.15, 0.2) is 0 Å². The van der Waals surface area contributed by atoms with E-state index >= 15 is 0 Å². The maximum atomic E-state index is 13.0. The molecule has 0 aliphatic carbocycles. The zero-order valence-corrected chi connectivity index (χ0v) is 13.0. The number of hydrogen-bond acceptors (Lipinski definition) is 2. The maximum absolute atomic E-state index is 13.0. The zero-order chi connectivity index (χ0) is 15.2. The van der Waals surface area contributed by atoms with Crippen LogP contribution in [0.15, 0.2) is 42.5 Å². The summed E-state index contributed by atoms with van der Waals surface area (Å²) in [4.78, 5) is 0. The average Bonchev–Trinajstić information content (AvgIpc) is 2.47. The molecule has 0 aliphatic rings. The minimum atomic E-state index is -0.439. The molecule has 0 spiro atoms. The smallest absolute Gasteiger partial charge is 0.142 e. The lowest BCUT2D eigenvalue weighted by Crippen LogP contribution is -2.21. The highest BCUT2D eigenvalue weighted by atomic mass is 35.5. The number of ether oxygens (including phenoxy) is 1. The Morgan fingerprint density at radius 2 is 1.76 bits per heavy atom. The van der Waals surface area contributed by atoms with E-state index in [0.717, 1.165) is 12.1 Å². The maximum Gasteiger partial charge on any atom is 0.142 e. The van der Waals surface area contributed by atoms with Crippen LogP contribution < -0.4 is 10.1 Å². The van der Waals surface area contributed by atoms with Crippen molar-refractivity contribution < 1.29 is 9.13 Å². The van der Waals surface area contributed by atoms with Gasteiger partial charge in [-0.15, -0.1) is 0 Å². The van der Waals surface area contributed by atoms with Crippen LogP contribution in [0.4, 0.5) is 4.39 Å². The second kappa shape index (κ2) is 7.43. The van der Waals surface area contributed by atoms with E-state index in [2.05, 4.69) is 31.3 Å². The second-order valence-electron chi connectivity index (χ2n) is 5.22. The normalized spacial score (nSPS) is 10.9. The van der Waals surface area contributed by atoms with E-state index in [1.165, 1.54) is 17.7 Å². The number of benzene rings is 2. The van der Waals surface area contributed by atoms with Gasteiger partial charge in [0.2, 0.25) is 0 Å². The van der Waals surface area contributed by atoms with Crippen molar-refractivity contribution in [3.8, 4) is 5.75 Å². The molecule has 0 aromatic heterocycles. The molecule has 4 heteroatoms. The molecule has 0 unspecified atom stereocenters. The molecule has 2 nitrogen and oxygen atoms in total. The Labute approximate surface area is 129 Å². The minimum absolute atomic E-state index is 0.0719. The van der Waals surface area contributed by atoms with Crippen molar-refractivity contribution in [2.75, 3.05) is 0 Å². The molecule has 1 N–H and O–H groups in total. The molecule has 2 aromatic rings. The van der Waals surface area contributed by atoms with Crippen LogP contribution >= 0.6 is 11.6 Å². The summed E-state index contributed by atoms with van der Waals surface area (Å²) in [5, 5.41) is 3.44. The average molecular weight is 308 g/mol. The van der Waals surface area contributed by atoms with Gasteiger partial charge in [-0.2, -0.15) is 0 Å². The molecule has 21 heavy (non-hydrogen) atoms. The van der Waals surface area contributed by atoms with Crippen LogP contribution in [-0.2, 0) is 13.2 Å². The molecular weight excluding hydrogens is 289 g/mol. The molecule has 0 atom stereocenters. The van der Waals surface area contributed by atoms with Gasteiger partial charge in [-0.3, -0.25) is 0 Å². The lowest BCUT2D eigenvalue weighted by atomic mass is 10.1. The summed E-state index contributed by atoms with van der Waals surface area (Å²) in [6.45, 7) is 5.53. The molecule has 0 amide bonds. The van der Waals surface area contributed by atoms with Crippen LogP contribution in [0.25, 0.3) is 0 Å². The van der Waals surface area contributed by atoms with Crippen LogP contribution in [0, 0.1) is 5.82 Å². The third-order valence-electron chi connectivity index (χ3n) is 3.03. The fourth-order valence-electron chi connectivity index (χ4n) is 1.81. The third-order valence-corrected chi connectivity index (χ3v) is 3.32. The first kappa shape index (κ1) is 15.8. The van der Waals surface area contributed by atoms with Crippen molar-refractivity contribution in [1.29, 1.82) is 0 Å². The molecule has 2 rings (SSSR count). The van der Waals surface area contributed by atoms with Crippen LogP contribution in [0.1, 0.15) is 25.0 Å². The summed E-state index contributed by atoms with van der Waals surface area (Å²) in [6, 6.07) is 13.0. The Kier molecular flexibility index (Phi) is 5.59. The highest BCUT2D eigenvalue weighted by Crippen LogP contribution is 2.22. The lowest BCUT2D eigenvalue weighted by molar-refractivity contribution is 0.305. The van der Waals surface area contributed by atoms with Crippen LogP contribution in [-0.4, -0.2) is 6.04 Å². The standard InChI is InChI=1S/C17H19ClFNO/c1-12(2)20-10-13-3-5-14(6-4-13)11-21-15-7-8-17(19)16(18)9-15/h3-9,12,20H,10-11H2,1-2H3.